The Kier molecular flexibility index (Phi) is 1.23. The van der Waals surface area contributed by atoms with Crippen LogP contribution in [0.2, 0.25) is 0 Å². The summed E-state index contributed by atoms with van der Waals surface area (Å²) in [6.45, 7) is 0.839. The number of hydrogen-bond donors (Lipinski definition) is 0. The van der Waals surface area contributed by atoms with Gasteiger partial charge in [-0.25, -0.2) is 0 Å². The van der Waals surface area contributed by atoms with E-state index in [1.807, 2.05) is 0 Å². The van der Waals surface area contributed by atoms with Crippen molar-refractivity contribution in [3.63, 3.8) is 0 Å². The first-order valence-electron chi connectivity index (χ1n) is 4.55. The van der Waals surface area contributed by atoms with Gasteiger partial charge in [-0.2, -0.15) is 0 Å². The molecule has 0 atom stereocenters. The van der Waals surface area contributed by atoms with Crippen LogP contribution in [0.25, 0.3) is 10.9 Å². The fourth-order valence-electron chi connectivity index (χ4n) is 1.94. The van der Waals surface area contributed by atoms with E-state index in [2.05, 4.69) is 36.0 Å². The van der Waals surface area contributed by atoms with E-state index in [1.54, 1.807) is 0 Å². The van der Waals surface area contributed by atoms with Crippen LogP contribution in [-0.4, -0.2) is 11.2 Å². The molecule has 66 valence electrons. The molecule has 1 aromatic heterocycles. The van der Waals surface area contributed by atoms with E-state index in [1.165, 1.54) is 16.5 Å². The van der Waals surface area contributed by atoms with Gasteiger partial charge in [-0.15, -0.1) is 0 Å². The third-order valence-electron chi connectivity index (χ3n) is 2.70. The largest absolute Gasteiger partial charge is 0.493 e. The molecule has 0 saturated heterocycles. The van der Waals surface area contributed by atoms with Gasteiger partial charge in [0.25, 0.3) is 0 Å². The number of benzene rings is 1. The predicted octanol–water partition coefficient (Wildman–Crippen LogP) is 2.11. The van der Waals surface area contributed by atoms with Crippen LogP contribution >= 0.6 is 0 Å². The summed E-state index contributed by atoms with van der Waals surface area (Å²) in [6, 6.07) is 6.49. The topological polar surface area (TPSA) is 14.2 Å². The number of aryl methyl sites for hydroxylation is 1. The van der Waals surface area contributed by atoms with Crippen LogP contribution in [0.4, 0.5) is 0 Å². The quantitative estimate of drug-likeness (QED) is 0.595. The highest BCUT2D eigenvalue weighted by molar-refractivity contribution is 5.83. The summed E-state index contributed by atoms with van der Waals surface area (Å²) in [6.07, 6.45) is 3.14. The molecule has 0 spiro atoms. The highest BCUT2D eigenvalue weighted by Gasteiger charge is 2.13. The molecule has 13 heavy (non-hydrogen) atoms. The van der Waals surface area contributed by atoms with Crippen molar-refractivity contribution < 1.29 is 4.74 Å². The zero-order valence-corrected chi connectivity index (χ0v) is 7.58. The van der Waals surface area contributed by atoms with Crippen LogP contribution in [-0.2, 0) is 13.5 Å². The van der Waals surface area contributed by atoms with Crippen LogP contribution in [0.5, 0.6) is 5.75 Å². The summed E-state index contributed by atoms with van der Waals surface area (Å²) in [7, 11) is 2.07. The van der Waals surface area contributed by atoms with Crippen molar-refractivity contribution in [2.24, 2.45) is 7.05 Å². The van der Waals surface area contributed by atoms with Crippen LogP contribution in [0, 0.1) is 0 Å². The van der Waals surface area contributed by atoms with Crippen molar-refractivity contribution in [3.8, 4) is 5.75 Å². The monoisotopic (exact) mass is 173 g/mol. The minimum Gasteiger partial charge on any atom is -0.493 e. The molecular weight excluding hydrogens is 162 g/mol. The number of nitrogens with zero attached hydrogens (tertiary/aromatic N) is 1. The van der Waals surface area contributed by atoms with Gasteiger partial charge in [0.15, 0.2) is 0 Å². The lowest BCUT2D eigenvalue weighted by Gasteiger charge is -2.00. The van der Waals surface area contributed by atoms with E-state index in [0.29, 0.717) is 0 Å². The second-order valence-corrected chi connectivity index (χ2v) is 3.54. The Morgan fingerprint density at radius 1 is 1.38 bits per heavy atom. The van der Waals surface area contributed by atoms with Gasteiger partial charge < -0.3 is 9.30 Å². The summed E-state index contributed by atoms with van der Waals surface area (Å²) in [5, 5.41) is 1.27. The van der Waals surface area contributed by atoms with Crippen LogP contribution in [0.15, 0.2) is 24.4 Å². The van der Waals surface area contributed by atoms with Crippen molar-refractivity contribution >= 4 is 10.9 Å². The Bertz CT molecular complexity index is 470. The first-order chi connectivity index (χ1) is 6.34. The summed E-state index contributed by atoms with van der Waals surface area (Å²) < 4.78 is 7.65. The van der Waals surface area contributed by atoms with Gasteiger partial charge in [0.1, 0.15) is 5.75 Å². The fourth-order valence-corrected chi connectivity index (χ4v) is 1.94. The lowest BCUT2D eigenvalue weighted by Crippen LogP contribution is -1.85. The molecule has 1 aliphatic heterocycles. The van der Waals surface area contributed by atoms with Crippen LogP contribution in [0.1, 0.15) is 5.56 Å². The SMILES string of the molecule is Cn1ccc2cc3c(cc21)CCO3. The van der Waals surface area contributed by atoms with Gasteiger partial charge in [0, 0.05) is 30.6 Å². The molecule has 0 radical (unpaired) electrons. The second-order valence-electron chi connectivity index (χ2n) is 3.54. The minimum absolute atomic E-state index is 0.839. The Balaban J connectivity index is 2.38. The third-order valence-corrected chi connectivity index (χ3v) is 2.70. The number of fused-ring (bicyclic) bond motifs is 2. The molecule has 1 aromatic carbocycles. The van der Waals surface area contributed by atoms with Crippen LogP contribution < -0.4 is 4.74 Å². The Morgan fingerprint density at radius 2 is 2.31 bits per heavy atom. The van der Waals surface area contributed by atoms with Gasteiger partial charge in [0.2, 0.25) is 0 Å². The smallest absolute Gasteiger partial charge is 0.123 e. The summed E-state index contributed by atoms with van der Waals surface area (Å²) in [4.78, 5) is 0. The minimum atomic E-state index is 0.839. The maximum Gasteiger partial charge on any atom is 0.123 e. The first-order valence-corrected chi connectivity index (χ1v) is 4.55. The molecule has 2 aromatic rings. The van der Waals surface area contributed by atoms with Crippen molar-refractivity contribution in [2.75, 3.05) is 6.61 Å². The maximum absolute atomic E-state index is 5.51. The molecule has 0 saturated carbocycles. The zero-order chi connectivity index (χ0) is 8.84. The van der Waals surface area contributed by atoms with E-state index >= 15 is 0 Å². The summed E-state index contributed by atoms with van der Waals surface area (Å²) in [5.74, 6) is 1.07. The summed E-state index contributed by atoms with van der Waals surface area (Å²) >= 11 is 0. The molecule has 0 N–H and O–H groups in total. The van der Waals surface area contributed by atoms with Crippen molar-refractivity contribution in [1.29, 1.82) is 0 Å². The molecule has 0 unspecified atom stereocenters. The normalized spacial score (nSPS) is 14.5. The number of hydrogen-bond acceptors (Lipinski definition) is 1. The number of aromatic nitrogens is 1. The summed E-state index contributed by atoms with van der Waals surface area (Å²) in [5.41, 5.74) is 2.64. The van der Waals surface area contributed by atoms with E-state index in [-0.39, 0.29) is 0 Å². The van der Waals surface area contributed by atoms with Crippen LogP contribution in [0.3, 0.4) is 0 Å². The average Bonchev–Trinajstić information content (AvgIpc) is 2.70. The van der Waals surface area contributed by atoms with Gasteiger partial charge in [-0.3, -0.25) is 0 Å². The molecule has 0 bridgehead atoms. The van der Waals surface area contributed by atoms with E-state index in [0.717, 1.165) is 18.8 Å². The van der Waals surface area contributed by atoms with Gasteiger partial charge in [0.05, 0.1) is 6.61 Å². The average molecular weight is 173 g/mol. The molecule has 2 heteroatoms. The van der Waals surface area contributed by atoms with Crippen molar-refractivity contribution in [3.05, 3.63) is 30.0 Å². The highest BCUT2D eigenvalue weighted by Crippen LogP contribution is 2.30. The lowest BCUT2D eigenvalue weighted by atomic mass is 10.1. The fraction of sp³-hybridized carbons (Fsp3) is 0.273. The highest BCUT2D eigenvalue weighted by atomic mass is 16.5. The lowest BCUT2D eigenvalue weighted by molar-refractivity contribution is 0.357. The Morgan fingerprint density at radius 3 is 3.23 bits per heavy atom. The Labute approximate surface area is 76.7 Å². The number of rotatable bonds is 0. The molecule has 3 rings (SSSR count). The van der Waals surface area contributed by atoms with E-state index < -0.39 is 0 Å². The van der Waals surface area contributed by atoms with Gasteiger partial charge in [-0.1, -0.05) is 0 Å². The first kappa shape index (κ1) is 7.01. The zero-order valence-electron chi connectivity index (χ0n) is 7.58. The maximum atomic E-state index is 5.51. The predicted molar refractivity (Wildman–Crippen MR) is 52.1 cm³/mol. The van der Waals surface area contributed by atoms with Crippen molar-refractivity contribution in [2.45, 2.75) is 6.42 Å². The molecule has 0 fully saturated rings. The second kappa shape index (κ2) is 2.28. The molecule has 0 aliphatic carbocycles. The standard InChI is InChI=1S/C11H11NO/c1-12-4-2-8-7-11-9(3-5-13-11)6-10(8)12/h2,4,6-7H,3,5H2,1H3. The molecule has 2 nitrogen and oxygen atoms in total. The van der Waals surface area contributed by atoms with Gasteiger partial charge >= 0.3 is 0 Å². The molecule has 1 aliphatic rings. The molecule has 0 amide bonds. The molecule has 2 heterocycles. The molecular formula is C11H11NO. The van der Waals surface area contributed by atoms with Gasteiger partial charge in [-0.05, 0) is 23.8 Å². The Hall–Kier alpha value is -1.44. The van der Waals surface area contributed by atoms with Crippen molar-refractivity contribution in [1.82, 2.24) is 4.57 Å². The van der Waals surface area contributed by atoms with E-state index in [4.69, 9.17) is 4.74 Å². The number of ether oxygens (including phenoxy) is 1. The third kappa shape index (κ3) is 0.886. The van der Waals surface area contributed by atoms with E-state index in [9.17, 15) is 0 Å².